The van der Waals surface area contributed by atoms with Gasteiger partial charge in [-0.3, -0.25) is 14.4 Å². The molecule has 0 saturated carbocycles. The largest absolute Gasteiger partial charge is 0.366 e. The fourth-order valence-corrected chi connectivity index (χ4v) is 2.23. The Morgan fingerprint density at radius 1 is 1.00 bits per heavy atom. The van der Waals surface area contributed by atoms with Crippen molar-refractivity contribution in [2.24, 2.45) is 5.73 Å². The van der Waals surface area contributed by atoms with Crippen LogP contribution in [0.5, 0.6) is 0 Å². The molecule has 4 N–H and O–H groups in total. The second kappa shape index (κ2) is 8.26. The minimum atomic E-state index is -0.562. The zero-order chi connectivity index (χ0) is 17.5. The molecule has 0 bridgehead atoms. The van der Waals surface area contributed by atoms with Gasteiger partial charge in [0.25, 0.3) is 5.91 Å². The molecule has 3 amide bonds. The van der Waals surface area contributed by atoms with Crippen LogP contribution < -0.4 is 16.4 Å². The number of carbonyl (C=O) groups excluding carboxylic acids is 3. The smallest absolute Gasteiger partial charge is 0.251 e. The number of benzene rings is 2. The summed E-state index contributed by atoms with van der Waals surface area (Å²) < 4.78 is 0.886. The fraction of sp³-hybridized carbons (Fsp3) is 0.118. The van der Waals surface area contributed by atoms with Crippen LogP contribution in [0.3, 0.4) is 0 Å². The highest BCUT2D eigenvalue weighted by Gasteiger charge is 2.08. The van der Waals surface area contributed by atoms with Crippen LogP contribution in [0.15, 0.2) is 53.0 Å². The van der Waals surface area contributed by atoms with E-state index in [4.69, 9.17) is 5.73 Å². The van der Waals surface area contributed by atoms with Gasteiger partial charge in [-0.05, 0) is 42.5 Å². The van der Waals surface area contributed by atoms with E-state index in [-0.39, 0.29) is 24.8 Å². The van der Waals surface area contributed by atoms with E-state index >= 15 is 0 Å². The number of nitrogens with one attached hydrogen (secondary N) is 2. The maximum atomic E-state index is 11.9. The molecular formula is C17H16BrN3O3. The molecule has 0 heterocycles. The second-order valence-corrected chi connectivity index (χ2v) is 5.92. The first-order chi connectivity index (χ1) is 11.5. The molecule has 7 heteroatoms. The van der Waals surface area contributed by atoms with E-state index in [1.807, 2.05) is 0 Å². The zero-order valence-electron chi connectivity index (χ0n) is 12.7. The van der Waals surface area contributed by atoms with Gasteiger partial charge in [-0.1, -0.05) is 22.0 Å². The number of anilines is 1. The van der Waals surface area contributed by atoms with E-state index in [0.717, 1.165) is 4.47 Å². The van der Waals surface area contributed by atoms with Crippen LogP contribution in [0.1, 0.15) is 27.1 Å². The van der Waals surface area contributed by atoms with Crippen molar-refractivity contribution in [2.45, 2.75) is 6.42 Å². The van der Waals surface area contributed by atoms with Gasteiger partial charge in [0.1, 0.15) is 0 Å². The normalized spacial score (nSPS) is 10.0. The van der Waals surface area contributed by atoms with Crippen molar-refractivity contribution >= 4 is 39.3 Å². The molecule has 0 radical (unpaired) electrons. The molecule has 124 valence electrons. The third-order valence-electron chi connectivity index (χ3n) is 3.17. The highest BCUT2D eigenvalue weighted by molar-refractivity contribution is 9.10. The predicted molar refractivity (Wildman–Crippen MR) is 94.7 cm³/mol. The van der Waals surface area contributed by atoms with Crippen molar-refractivity contribution in [2.75, 3.05) is 11.9 Å². The first-order valence-corrected chi connectivity index (χ1v) is 7.98. The number of hydrogen-bond acceptors (Lipinski definition) is 3. The molecule has 6 nitrogen and oxygen atoms in total. The third-order valence-corrected chi connectivity index (χ3v) is 3.70. The minimum Gasteiger partial charge on any atom is -0.366 e. The molecule has 0 atom stereocenters. The van der Waals surface area contributed by atoms with Crippen LogP contribution in [0.25, 0.3) is 0 Å². The van der Waals surface area contributed by atoms with Crippen molar-refractivity contribution in [3.8, 4) is 0 Å². The summed E-state index contributed by atoms with van der Waals surface area (Å²) in [5.41, 5.74) is 6.51. The van der Waals surface area contributed by atoms with Crippen LogP contribution in [-0.4, -0.2) is 24.3 Å². The van der Waals surface area contributed by atoms with Gasteiger partial charge in [-0.2, -0.15) is 0 Å². The topological polar surface area (TPSA) is 101 Å². The molecule has 0 unspecified atom stereocenters. The lowest BCUT2D eigenvalue weighted by atomic mass is 10.2. The van der Waals surface area contributed by atoms with Gasteiger partial charge < -0.3 is 16.4 Å². The van der Waals surface area contributed by atoms with E-state index in [2.05, 4.69) is 26.6 Å². The van der Waals surface area contributed by atoms with Gasteiger partial charge in [0.05, 0.1) is 0 Å². The second-order valence-electron chi connectivity index (χ2n) is 5.01. The number of nitrogens with two attached hydrogens (primary N) is 1. The van der Waals surface area contributed by atoms with Crippen LogP contribution in [0.2, 0.25) is 0 Å². The molecule has 0 saturated heterocycles. The summed E-state index contributed by atoms with van der Waals surface area (Å²) in [6, 6.07) is 13.3. The van der Waals surface area contributed by atoms with Crippen molar-refractivity contribution in [1.82, 2.24) is 5.32 Å². The Balaban J connectivity index is 1.81. The first kappa shape index (κ1) is 17.7. The van der Waals surface area contributed by atoms with Crippen LogP contribution in [0, 0.1) is 0 Å². The quantitative estimate of drug-likeness (QED) is 0.706. The Hall–Kier alpha value is -2.67. The maximum Gasteiger partial charge on any atom is 0.251 e. The van der Waals surface area contributed by atoms with Crippen molar-refractivity contribution in [3.63, 3.8) is 0 Å². The summed E-state index contributed by atoms with van der Waals surface area (Å²) >= 11 is 3.30. The first-order valence-electron chi connectivity index (χ1n) is 7.19. The SMILES string of the molecule is NC(=O)c1cccc(NC(=O)CCNC(=O)c2ccc(Br)cc2)c1. The molecule has 24 heavy (non-hydrogen) atoms. The Bertz CT molecular complexity index is 760. The van der Waals surface area contributed by atoms with Gasteiger partial charge >= 0.3 is 0 Å². The minimum absolute atomic E-state index is 0.114. The maximum absolute atomic E-state index is 11.9. The number of carbonyl (C=O) groups is 3. The highest BCUT2D eigenvalue weighted by Crippen LogP contribution is 2.11. The lowest BCUT2D eigenvalue weighted by molar-refractivity contribution is -0.116. The summed E-state index contributed by atoms with van der Waals surface area (Å²) in [7, 11) is 0. The summed E-state index contributed by atoms with van der Waals surface area (Å²) in [6.45, 7) is 0.205. The average Bonchev–Trinajstić information content (AvgIpc) is 2.55. The Morgan fingerprint density at radius 2 is 1.71 bits per heavy atom. The van der Waals surface area contributed by atoms with Gasteiger partial charge in [0, 0.05) is 34.3 Å². The van der Waals surface area contributed by atoms with Gasteiger partial charge in [-0.15, -0.1) is 0 Å². The Labute approximate surface area is 147 Å². The molecule has 2 aromatic rings. The molecule has 0 fully saturated rings. The Morgan fingerprint density at radius 3 is 2.38 bits per heavy atom. The number of rotatable bonds is 6. The van der Waals surface area contributed by atoms with E-state index in [1.54, 1.807) is 42.5 Å². The molecule has 0 aliphatic rings. The highest BCUT2D eigenvalue weighted by atomic mass is 79.9. The molecule has 0 spiro atoms. The van der Waals surface area contributed by atoms with Crippen LogP contribution in [0.4, 0.5) is 5.69 Å². The van der Waals surface area contributed by atoms with E-state index in [9.17, 15) is 14.4 Å². The molecule has 0 aliphatic heterocycles. The fourth-order valence-electron chi connectivity index (χ4n) is 1.97. The summed E-state index contributed by atoms with van der Waals surface area (Å²) in [5.74, 6) is -1.08. The van der Waals surface area contributed by atoms with Crippen molar-refractivity contribution in [1.29, 1.82) is 0 Å². The number of primary amides is 1. The predicted octanol–water partition coefficient (Wildman–Crippen LogP) is 2.31. The van der Waals surface area contributed by atoms with E-state index in [1.165, 1.54) is 6.07 Å². The number of amides is 3. The number of halogens is 1. The van der Waals surface area contributed by atoms with Gasteiger partial charge in [0.2, 0.25) is 11.8 Å². The molecular weight excluding hydrogens is 374 g/mol. The molecule has 2 aromatic carbocycles. The van der Waals surface area contributed by atoms with Crippen LogP contribution >= 0.6 is 15.9 Å². The van der Waals surface area contributed by atoms with Crippen molar-refractivity contribution < 1.29 is 14.4 Å². The van der Waals surface area contributed by atoms with Gasteiger partial charge in [-0.25, -0.2) is 0 Å². The van der Waals surface area contributed by atoms with E-state index in [0.29, 0.717) is 16.8 Å². The lowest BCUT2D eigenvalue weighted by Crippen LogP contribution is -2.27. The zero-order valence-corrected chi connectivity index (χ0v) is 14.3. The van der Waals surface area contributed by atoms with Gasteiger partial charge in [0.15, 0.2) is 0 Å². The van der Waals surface area contributed by atoms with E-state index < -0.39 is 5.91 Å². The summed E-state index contributed by atoms with van der Waals surface area (Å²) in [5, 5.41) is 5.33. The lowest BCUT2D eigenvalue weighted by Gasteiger charge is -2.07. The summed E-state index contributed by atoms with van der Waals surface area (Å²) in [6.07, 6.45) is 0.114. The average molecular weight is 390 g/mol. The molecule has 0 aromatic heterocycles. The summed E-state index contributed by atoms with van der Waals surface area (Å²) in [4.78, 5) is 34.9. The third kappa shape index (κ3) is 5.20. The molecule has 2 rings (SSSR count). The Kier molecular flexibility index (Phi) is 6.08. The van der Waals surface area contributed by atoms with Crippen molar-refractivity contribution in [3.05, 3.63) is 64.1 Å². The number of hydrogen-bond donors (Lipinski definition) is 3. The molecule has 0 aliphatic carbocycles. The standard InChI is InChI=1S/C17H16BrN3O3/c18-13-6-4-11(5-7-13)17(24)20-9-8-15(22)21-14-3-1-2-12(10-14)16(19)23/h1-7,10H,8-9H2,(H2,19,23)(H,20,24)(H,21,22). The monoisotopic (exact) mass is 389 g/mol. The van der Waals surface area contributed by atoms with Crippen LogP contribution in [-0.2, 0) is 4.79 Å².